The van der Waals surface area contributed by atoms with Gasteiger partial charge in [0.15, 0.2) is 17.2 Å². The molecule has 1 aromatic rings. The van der Waals surface area contributed by atoms with Crippen molar-refractivity contribution < 1.29 is 45.0 Å². The second-order valence-electron chi connectivity index (χ2n) is 9.25. The third-order valence-corrected chi connectivity index (χ3v) is 7.14. The molecule has 6 atom stereocenters. The van der Waals surface area contributed by atoms with Crippen LogP contribution in [0.25, 0.3) is 5.76 Å². The molecule has 3 aliphatic carbocycles. The molecule has 0 saturated heterocycles. The lowest BCUT2D eigenvalue weighted by atomic mass is 9.53. The second-order valence-corrected chi connectivity index (χ2v) is 9.25. The van der Waals surface area contributed by atoms with Gasteiger partial charge in [-0.05, 0) is 39.6 Å². The molecule has 6 N–H and O–H groups in total. The van der Waals surface area contributed by atoms with Gasteiger partial charge in [0, 0.05) is 0 Å². The molecule has 10 nitrogen and oxygen atoms in total. The number of ketones is 3. The van der Waals surface area contributed by atoms with Crippen LogP contribution < -0.4 is 0 Å². The summed E-state index contributed by atoms with van der Waals surface area (Å²) in [5.41, 5.74) is -6.60. The molecular formula is C23H25NO9. The van der Waals surface area contributed by atoms with Crippen molar-refractivity contribution in [1.82, 2.24) is 4.90 Å². The Kier molecular flexibility index (Phi) is 4.89. The zero-order valence-electron chi connectivity index (χ0n) is 18.4. The molecule has 0 aromatic heterocycles. The first-order valence-corrected chi connectivity index (χ1v) is 10.3. The number of likely N-dealkylation sites (N-methyl/N-ethyl adjacent to an activating group) is 1. The Morgan fingerprint density at radius 3 is 2.24 bits per heavy atom. The monoisotopic (exact) mass is 459 g/mol. The molecule has 0 radical (unpaired) electrons. The van der Waals surface area contributed by atoms with E-state index in [0.29, 0.717) is 0 Å². The summed E-state index contributed by atoms with van der Waals surface area (Å²) in [6, 6.07) is 2.63. The van der Waals surface area contributed by atoms with Gasteiger partial charge in [-0.25, -0.2) is 0 Å². The molecule has 0 unspecified atom stereocenters. The SMILES string of the molecule is CC(=O)C1=C(O)[C@@]2(O)C(=O)C3=C(O)c4c(O)cccc4[C@@](C)(O)[C@H]3[C@H](O)[C@H]2[C@H](N(C)C)C1=O. The van der Waals surface area contributed by atoms with Crippen molar-refractivity contribution in [2.75, 3.05) is 14.1 Å². The Balaban J connectivity index is 2.11. The summed E-state index contributed by atoms with van der Waals surface area (Å²) in [6.07, 6.45) is -1.83. The first kappa shape index (κ1) is 23.1. The lowest BCUT2D eigenvalue weighted by molar-refractivity contribution is -0.181. The molecule has 4 rings (SSSR count). The quantitative estimate of drug-likeness (QED) is 0.322. The highest BCUT2D eigenvalue weighted by Crippen LogP contribution is 2.57. The number of rotatable bonds is 2. The molecule has 1 aromatic carbocycles. The van der Waals surface area contributed by atoms with Gasteiger partial charge in [-0.15, -0.1) is 0 Å². The van der Waals surface area contributed by atoms with E-state index in [1.165, 1.54) is 44.1 Å². The summed E-state index contributed by atoms with van der Waals surface area (Å²) in [5.74, 6) is -8.73. The molecule has 0 heterocycles. The Hall–Kier alpha value is -3.05. The van der Waals surface area contributed by atoms with Gasteiger partial charge in [-0.1, -0.05) is 12.1 Å². The number of aliphatic hydroxyl groups is 5. The number of fused-ring (bicyclic) bond motifs is 3. The van der Waals surface area contributed by atoms with E-state index in [1.54, 1.807) is 0 Å². The van der Waals surface area contributed by atoms with Gasteiger partial charge in [-0.2, -0.15) is 0 Å². The van der Waals surface area contributed by atoms with Gasteiger partial charge in [0.1, 0.15) is 22.8 Å². The number of benzene rings is 1. The van der Waals surface area contributed by atoms with Crippen LogP contribution in [0.4, 0.5) is 0 Å². The van der Waals surface area contributed by atoms with Gasteiger partial charge in [0.05, 0.1) is 40.7 Å². The van der Waals surface area contributed by atoms with E-state index in [-0.39, 0.29) is 11.1 Å². The minimum absolute atomic E-state index is 0.0266. The van der Waals surface area contributed by atoms with E-state index < -0.39 is 80.9 Å². The van der Waals surface area contributed by atoms with E-state index in [4.69, 9.17) is 0 Å². The van der Waals surface area contributed by atoms with Crippen LogP contribution >= 0.6 is 0 Å². The number of aliphatic hydroxyl groups excluding tert-OH is 3. The summed E-state index contributed by atoms with van der Waals surface area (Å²) in [6.45, 7) is 2.26. The fourth-order valence-electron chi connectivity index (χ4n) is 5.70. The smallest absolute Gasteiger partial charge is 0.202 e. The number of phenolic OH excluding ortho intramolecular Hbond substituents is 1. The number of carbonyl (C=O) groups is 3. The largest absolute Gasteiger partial charge is 0.508 e. The van der Waals surface area contributed by atoms with E-state index in [1.807, 2.05) is 0 Å². The van der Waals surface area contributed by atoms with Crippen molar-refractivity contribution in [1.29, 1.82) is 0 Å². The normalized spacial score (nSPS) is 36.0. The summed E-state index contributed by atoms with van der Waals surface area (Å²) in [5, 5.41) is 66.6. The van der Waals surface area contributed by atoms with Crippen LogP contribution in [-0.2, 0) is 20.0 Å². The summed E-state index contributed by atoms with van der Waals surface area (Å²) >= 11 is 0. The summed E-state index contributed by atoms with van der Waals surface area (Å²) in [7, 11) is 2.88. The number of nitrogens with zero attached hydrogens (tertiary/aromatic N) is 1. The third kappa shape index (κ3) is 2.66. The van der Waals surface area contributed by atoms with Gasteiger partial charge in [-0.3, -0.25) is 19.3 Å². The fraction of sp³-hybridized carbons (Fsp3) is 0.435. The maximum atomic E-state index is 13.7. The van der Waals surface area contributed by atoms with Crippen molar-refractivity contribution in [3.63, 3.8) is 0 Å². The van der Waals surface area contributed by atoms with Crippen LogP contribution in [-0.4, -0.2) is 84.7 Å². The summed E-state index contributed by atoms with van der Waals surface area (Å²) < 4.78 is 0. The van der Waals surface area contributed by atoms with Crippen molar-refractivity contribution in [3.8, 4) is 5.75 Å². The topological polar surface area (TPSA) is 176 Å². The van der Waals surface area contributed by atoms with Gasteiger partial charge in [0.2, 0.25) is 5.78 Å². The van der Waals surface area contributed by atoms with Crippen LogP contribution in [0.3, 0.4) is 0 Å². The lowest BCUT2D eigenvalue weighted by Gasteiger charge is -2.55. The van der Waals surface area contributed by atoms with Crippen LogP contribution in [0.15, 0.2) is 35.1 Å². The third-order valence-electron chi connectivity index (χ3n) is 7.14. The molecule has 0 spiro atoms. The van der Waals surface area contributed by atoms with Crippen LogP contribution in [0.2, 0.25) is 0 Å². The minimum Gasteiger partial charge on any atom is -0.508 e. The average molecular weight is 459 g/mol. The van der Waals surface area contributed by atoms with Crippen LogP contribution in [0.5, 0.6) is 5.75 Å². The van der Waals surface area contributed by atoms with E-state index in [2.05, 4.69) is 0 Å². The first-order chi connectivity index (χ1) is 15.2. The van der Waals surface area contributed by atoms with E-state index in [0.717, 1.165) is 6.92 Å². The highest BCUT2D eigenvalue weighted by molar-refractivity contribution is 6.25. The molecule has 0 aliphatic heterocycles. The highest BCUT2D eigenvalue weighted by Gasteiger charge is 2.70. The Morgan fingerprint density at radius 1 is 1.09 bits per heavy atom. The predicted octanol–water partition coefficient (Wildman–Crippen LogP) is -0.297. The number of carbonyl (C=O) groups excluding carboxylic acids is 3. The van der Waals surface area contributed by atoms with Gasteiger partial charge in [0.25, 0.3) is 0 Å². The first-order valence-electron chi connectivity index (χ1n) is 10.3. The molecule has 3 aliphatic rings. The van der Waals surface area contributed by atoms with Crippen molar-refractivity contribution in [3.05, 3.63) is 46.2 Å². The Morgan fingerprint density at radius 2 is 1.70 bits per heavy atom. The molecule has 0 bridgehead atoms. The Bertz CT molecular complexity index is 1180. The molecule has 1 saturated carbocycles. The predicted molar refractivity (Wildman–Crippen MR) is 113 cm³/mol. The molecule has 33 heavy (non-hydrogen) atoms. The number of Topliss-reactive ketones (excluding diaryl/α,β-unsaturated/α-hetero) is 3. The van der Waals surface area contributed by atoms with Crippen LogP contribution in [0.1, 0.15) is 25.0 Å². The standard InChI is InChI=1S/C23H25NO9/c1-8(25)11-18(28)16(24(3)4)15-19(29)14-13(21(31)23(15,33)20(11)30)17(27)12-9(22(14,2)32)6-5-7-10(12)26/h5-7,14-16,19,26-27,29-30,32-33H,1-4H3/t14-,15-,16+,19+,22-,23-/m1/s1. The summed E-state index contributed by atoms with van der Waals surface area (Å²) in [4.78, 5) is 40.3. The number of aromatic hydroxyl groups is 1. The van der Waals surface area contributed by atoms with E-state index in [9.17, 15) is 45.0 Å². The highest BCUT2D eigenvalue weighted by atomic mass is 16.4. The molecule has 176 valence electrons. The maximum absolute atomic E-state index is 13.7. The average Bonchev–Trinajstić information content (AvgIpc) is 2.70. The van der Waals surface area contributed by atoms with E-state index >= 15 is 0 Å². The second kappa shape index (κ2) is 6.97. The van der Waals surface area contributed by atoms with Crippen molar-refractivity contribution >= 4 is 23.1 Å². The molecule has 1 fully saturated rings. The lowest BCUT2D eigenvalue weighted by Crippen LogP contribution is -2.71. The minimum atomic E-state index is -2.94. The van der Waals surface area contributed by atoms with Crippen molar-refractivity contribution in [2.45, 2.75) is 37.2 Å². The zero-order chi connectivity index (χ0) is 24.8. The number of hydrogen-bond donors (Lipinski definition) is 6. The zero-order valence-corrected chi connectivity index (χ0v) is 18.4. The molecule has 0 amide bonds. The number of phenols is 1. The Labute approximate surface area is 188 Å². The maximum Gasteiger partial charge on any atom is 0.202 e. The molecular weight excluding hydrogens is 434 g/mol. The van der Waals surface area contributed by atoms with Gasteiger partial charge >= 0.3 is 0 Å². The van der Waals surface area contributed by atoms with Crippen molar-refractivity contribution in [2.24, 2.45) is 11.8 Å². The van der Waals surface area contributed by atoms with Gasteiger partial charge < -0.3 is 30.6 Å². The fourth-order valence-corrected chi connectivity index (χ4v) is 5.70. The van der Waals surface area contributed by atoms with Crippen LogP contribution in [0, 0.1) is 11.8 Å². The number of hydrogen-bond acceptors (Lipinski definition) is 10. The molecule has 10 heteroatoms.